The van der Waals surface area contributed by atoms with E-state index < -0.39 is 0 Å². The van der Waals surface area contributed by atoms with E-state index in [1.165, 1.54) is 0 Å². The Balaban J connectivity index is 2.01. The van der Waals surface area contributed by atoms with E-state index >= 15 is 0 Å². The molecular formula is C15H20N4O. The van der Waals surface area contributed by atoms with Crippen molar-refractivity contribution in [3.05, 3.63) is 51.9 Å². The van der Waals surface area contributed by atoms with Gasteiger partial charge < -0.3 is 5.32 Å². The van der Waals surface area contributed by atoms with Gasteiger partial charge in [-0.2, -0.15) is 0 Å². The topological polar surface area (TPSA) is 70.7 Å². The van der Waals surface area contributed by atoms with E-state index in [0.29, 0.717) is 24.0 Å². The number of aromatic nitrogens is 3. The molecule has 0 aliphatic carbocycles. The SMILES string of the molecule is CC(C)CCNc1nnc(Cc2ccccc2)c(=O)[nH]1. The van der Waals surface area contributed by atoms with Gasteiger partial charge in [-0.3, -0.25) is 9.78 Å². The van der Waals surface area contributed by atoms with Gasteiger partial charge in [-0.15, -0.1) is 10.2 Å². The van der Waals surface area contributed by atoms with Gasteiger partial charge in [0.1, 0.15) is 5.69 Å². The molecule has 2 rings (SSSR count). The molecule has 2 N–H and O–H groups in total. The minimum Gasteiger partial charge on any atom is -0.354 e. The van der Waals surface area contributed by atoms with Gasteiger partial charge in [0.25, 0.3) is 5.56 Å². The second kappa shape index (κ2) is 6.84. The predicted molar refractivity (Wildman–Crippen MR) is 79.8 cm³/mol. The molecule has 0 bridgehead atoms. The van der Waals surface area contributed by atoms with Gasteiger partial charge in [-0.25, -0.2) is 0 Å². The smallest absolute Gasteiger partial charge is 0.274 e. The van der Waals surface area contributed by atoms with Crippen LogP contribution in [0.4, 0.5) is 5.95 Å². The number of aromatic amines is 1. The van der Waals surface area contributed by atoms with Gasteiger partial charge in [-0.05, 0) is 17.9 Å². The van der Waals surface area contributed by atoms with Crippen LogP contribution in [0.2, 0.25) is 0 Å². The van der Waals surface area contributed by atoms with Crippen LogP contribution in [0.15, 0.2) is 35.1 Å². The first-order chi connectivity index (χ1) is 9.65. The maximum absolute atomic E-state index is 11.9. The van der Waals surface area contributed by atoms with Crippen molar-refractivity contribution >= 4 is 5.95 Å². The summed E-state index contributed by atoms with van der Waals surface area (Å²) in [5.41, 5.74) is 1.30. The third kappa shape index (κ3) is 4.19. The molecule has 1 aromatic carbocycles. The van der Waals surface area contributed by atoms with Crippen LogP contribution >= 0.6 is 0 Å². The molecule has 20 heavy (non-hydrogen) atoms. The molecule has 0 saturated heterocycles. The van der Waals surface area contributed by atoms with Gasteiger partial charge >= 0.3 is 0 Å². The number of hydrogen-bond acceptors (Lipinski definition) is 4. The molecule has 5 heteroatoms. The van der Waals surface area contributed by atoms with Crippen molar-refractivity contribution in [2.24, 2.45) is 5.92 Å². The lowest BCUT2D eigenvalue weighted by Gasteiger charge is -2.07. The first-order valence-corrected chi connectivity index (χ1v) is 6.89. The molecule has 2 aromatic rings. The first-order valence-electron chi connectivity index (χ1n) is 6.89. The molecule has 0 radical (unpaired) electrons. The van der Waals surface area contributed by atoms with E-state index in [1.807, 2.05) is 30.3 Å². The number of hydrogen-bond donors (Lipinski definition) is 2. The quantitative estimate of drug-likeness (QED) is 0.846. The number of nitrogens with zero attached hydrogens (tertiary/aromatic N) is 2. The van der Waals surface area contributed by atoms with Crippen LogP contribution in [0.3, 0.4) is 0 Å². The number of H-pyrrole nitrogens is 1. The van der Waals surface area contributed by atoms with Gasteiger partial charge in [0, 0.05) is 13.0 Å². The third-order valence-electron chi connectivity index (χ3n) is 2.99. The number of rotatable bonds is 6. The zero-order valence-corrected chi connectivity index (χ0v) is 11.9. The lowest BCUT2D eigenvalue weighted by Crippen LogP contribution is -2.20. The van der Waals surface area contributed by atoms with E-state index in [0.717, 1.165) is 18.5 Å². The fourth-order valence-corrected chi connectivity index (χ4v) is 1.82. The predicted octanol–water partition coefficient (Wildman–Crippen LogP) is 2.21. The fraction of sp³-hybridized carbons (Fsp3) is 0.400. The number of nitrogens with one attached hydrogen (secondary N) is 2. The molecule has 0 saturated carbocycles. The Kier molecular flexibility index (Phi) is 4.87. The number of benzene rings is 1. The second-order valence-corrected chi connectivity index (χ2v) is 5.22. The van der Waals surface area contributed by atoms with Crippen LogP contribution < -0.4 is 10.9 Å². The highest BCUT2D eigenvalue weighted by molar-refractivity contribution is 5.24. The summed E-state index contributed by atoms with van der Waals surface area (Å²) in [5.74, 6) is 1.05. The Bertz CT molecular complexity index is 592. The Morgan fingerprint density at radius 3 is 2.60 bits per heavy atom. The van der Waals surface area contributed by atoms with E-state index in [1.54, 1.807) is 0 Å². The summed E-state index contributed by atoms with van der Waals surface area (Å²) in [4.78, 5) is 14.7. The van der Waals surface area contributed by atoms with Crippen molar-refractivity contribution in [3.63, 3.8) is 0 Å². The zero-order chi connectivity index (χ0) is 14.4. The summed E-state index contributed by atoms with van der Waals surface area (Å²) >= 11 is 0. The molecule has 0 atom stereocenters. The van der Waals surface area contributed by atoms with Crippen LogP contribution in [0, 0.1) is 5.92 Å². The van der Waals surface area contributed by atoms with Gasteiger partial charge in [0.15, 0.2) is 0 Å². The average molecular weight is 272 g/mol. The highest BCUT2D eigenvalue weighted by Crippen LogP contribution is 2.04. The van der Waals surface area contributed by atoms with Crippen LogP contribution in [0.1, 0.15) is 31.5 Å². The van der Waals surface area contributed by atoms with Crippen LogP contribution in [-0.4, -0.2) is 21.7 Å². The minimum absolute atomic E-state index is 0.184. The highest BCUT2D eigenvalue weighted by atomic mass is 16.1. The fourth-order valence-electron chi connectivity index (χ4n) is 1.82. The molecular weight excluding hydrogens is 252 g/mol. The summed E-state index contributed by atoms with van der Waals surface area (Å²) < 4.78 is 0. The average Bonchev–Trinajstić information content (AvgIpc) is 2.42. The van der Waals surface area contributed by atoms with Crippen molar-refractivity contribution < 1.29 is 0 Å². The molecule has 0 aliphatic heterocycles. The summed E-state index contributed by atoms with van der Waals surface area (Å²) in [5, 5.41) is 11.1. The Morgan fingerprint density at radius 1 is 1.20 bits per heavy atom. The van der Waals surface area contributed by atoms with Crippen LogP contribution in [0.5, 0.6) is 0 Å². The standard InChI is InChI=1S/C15H20N4O/c1-11(2)8-9-16-15-17-14(20)13(18-19-15)10-12-6-4-3-5-7-12/h3-7,11H,8-10H2,1-2H3,(H2,16,17,19,20). The second-order valence-electron chi connectivity index (χ2n) is 5.22. The van der Waals surface area contributed by atoms with Crippen LogP contribution in [0.25, 0.3) is 0 Å². The van der Waals surface area contributed by atoms with Gasteiger partial charge in [-0.1, -0.05) is 44.2 Å². The highest BCUT2D eigenvalue weighted by Gasteiger charge is 2.05. The lowest BCUT2D eigenvalue weighted by molar-refractivity contribution is 0.605. The first kappa shape index (κ1) is 14.2. The zero-order valence-electron chi connectivity index (χ0n) is 11.9. The maximum Gasteiger partial charge on any atom is 0.274 e. The molecule has 0 aliphatic rings. The third-order valence-corrected chi connectivity index (χ3v) is 2.99. The molecule has 106 valence electrons. The molecule has 0 amide bonds. The van der Waals surface area contributed by atoms with Crippen molar-refractivity contribution in [2.45, 2.75) is 26.7 Å². The van der Waals surface area contributed by atoms with Gasteiger partial charge in [0.05, 0.1) is 0 Å². The molecule has 0 unspecified atom stereocenters. The minimum atomic E-state index is -0.184. The summed E-state index contributed by atoms with van der Waals surface area (Å²) in [6.07, 6.45) is 1.52. The van der Waals surface area contributed by atoms with E-state index in [9.17, 15) is 4.79 Å². The summed E-state index contributed by atoms with van der Waals surface area (Å²) in [6.45, 7) is 5.08. The molecule has 5 nitrogen and oxygen atoms in total. The monoisotopic (exact) mass is 272 g/mol. The molecule has 1 heterocycles. The lowest BCUT2D eigenvalue weighted by atomic mass is 10.1. The van der Waals surface area contributed by atoms with Crippen molar-refractivity contribution in [1.29, 1.82) is 0 Å². The Morgan fingerprint density at radius 2 is 1.95 bits per heavy atom. The summed E-state index contributed by atoms with van der Waals surface area (Å²) in [6, 6.07) is 9.77. The number of anilines is 1. The largest absolute Gasteiger partial charge is 0.354 e. The summed E-state index contributed by atoms with van der Waals surface area (Å²) in [7, 11) is 0. The van der Waals surface area contributed by atoms with Crippen LogP contribution in [-0.2, 0) is 6.42 Å². The van der Waals surface area contributed by atoms with E-state index in [2.05, 4.69) is 34.3 Å². The van der Waals surface area contributed by atoms with E-state index in [4.69, 9.17) is 0 Å². The normalized spacial score (nSPS) is 10.8. The molecule has 0 fully saturated rings. The molecule has 0 spiro atoms. The van der Waals surface area contributed by atoms with Crippen molar-refractivity contribution in [2.75, 3.05) is 11.9 Å². The molecule has 1 aromatic heterocycles. The van der Waals surface area contributed by atoms with E-state index in [-0.39, 0.29) is 5.56 Å². The van der Waals surface area contributed by atoms with Gasteiger partial charge in [0.2, 0.25) is 5.95 Å². The van der Waals surface area contributed by atoms with Crippen molar-refractivity contribution in [1.82, 2.24) is 15.2 Å². The maximum atomic E-state index is 11.9. The Hall–Kier alpha value is -2.17. The Labute approximate surface area is 118 Å². The van der Waals surface area contributed by atoms with Crippen molar-refractivity contribution in [3.8, 4) is 0 Å².